The molecule has 1 aromatic carbocycles. The van der Waals surface area contributed by atoms with Crippen LogP contribution in [0.2, 0.25) is 0 Å². The van der Waals surface area contributed by atoms with Gasteiger partial charge in [0.25, 0.3) is 0 Å². The van der Waals surface area contributed by atoms with Crippen LogP contribution in [-0.4, -0.2) is 34.9 Å². The molecule has 4 heteroatoms. The van der Waals surface area contributed by atoms with Crippen LogP contribution in [-0.2, 0) is 4.79 Å². The largest absolute Gasteiger partial charge is 0.342 e. The number of carbonyl (C=O) groups excluding carboxylic acids is 1. The van der Waals surface area contributed by atoms with E-state index in [4.69, 9.17) is 0 Å². The lowest BCUT2D eigenvalue weighted by atomic mass is 9.83. The number of hydrogen-bond donors (Lipinski definition) is 0. The van der Waals surface area contributed by atoms with E-state index in [-0.39, 0.29) is 5.92 Å². The first kappa shape index (κ1) is 24.5. The van der Waals surface area contributed by atoms with E-state index < -0.39 is 0 Å². The molecule has 0 spiro atoms. The van der Waals surface area contributed by atoms with Crippen molar-refractivity contribution in [3.8, 4) is 0 Å². The van der Waals surface area contributed by atoms with Crippen molar-refractivity contribution in [2.45, 2.75) is 51.5 Å². The van der Waals surface area contributed by atoms with E-state index in [0.29, 0.717) is 11.9 Å². The highest BCUT2D eigenvalue weighted by Crippen LogP contribution is 2.38. The summed E-state index contributed by atoms with van der Waals surface area (Å²) < 4.78 is 0. The molecule has 3 rings (SSSR count). The summed E-state index contributed by atoms with van der Waals surface area (Å²) in [5.74, 6) is 0.419. The standard InChI is InChI=1S/C29H37N3O/c1-5-9-21-31(20-6-2)29(33)25-12-16-27(17-13-25)32(26-14-10-23(7-3)11-15-26)28-22-30-19-18-24(28)8-4/h5,7-8,10-11,14-15,18-19,22,25,27H,1,3-4,6,9,12-13,16-17,20-21H2,2H3. The summed E-state index contributed by atoms with van der Waals surface area (Å²) in [5.41, 5.74) is 4.35. The Hall–Kier alpha value is -3.14. The fourth-order valence-corrected chi connectivity index (χ4v) is 4.78. The zero-order chi connectivity index (χ0) is 23.6. The number of benzene rings is 1. The molecule has 0 atom stereocenters. The van der Waals surface area contributed by atoms with Crippen molar-refractivity contribution in [2.24, 2.45) is 5.92 Å². The SMILES string of the molecule is C=CCCN(CCC)C(=O)C1CCC(N(c2ccc(C=C)cc2)c2cnccc2C=C)CC1. The number of nitrogens with zero attached hydrogens (tertiary/aromatic N) is 3. The molecule has 2 aromatic rings. The molecule has 174 valence electrons. The molecule has 1 amide bonds. The molecule has 0 radical (unpaired) electrons. The minimum atomic E-state index is 0.107. The second kappa shape index (κ2) is 12.2. The molecule has 0 N–H and O–H groups in total. The predicted octanol–water partition coefficient (Wildman–Crippen LogP) is 6.88. The Morgan fingerprint density at radius 1 is 1.03 bits per heavy atom. The highest BCUT2D eigenvalue weighted by atomic mass is 16.2. The Balaban J connectivity index is 1.81. The van der Waals surface area contributed by atoms with Crippen LogP contribution in [0.1, 0.15) is 56.6 Å². The Labute approximate surface area is 199 Å². The molecule has 4 nitrogen and oxygen atoms in total. The molecule has 0 aliphatic heterocycles. The monoisotopic (exact) mass is 443 g/mol. The van der Waals surface area contributed by atoms with Gasteiger partial charge in [-0.3, -0.25) is 9.78 Å². The number of pyridine rings is 1. The van der Waals surface area contributed by atoms with Crippen LogP contribution < -0.4 is 4.90 Å². The maximum absolute atomic E-state index is 13.2. The van der Waals surface area contributed by atoms with Gasteiger partial charge in [-0.2, -0.15) is 0 Å². The summed E-state index contributed by atoms with van der Waals surface area (Å²) in [6.45, 7) is 15.4. The Bertz CT molecular complexity index is 942. The summed E-state index contributed by atoms with van der Waals surface area (Å²) in [6, 6.07) is 10.8. The highest BCUT2D eigenvalue weighted by molar-refractivity contribution is 5.79. The van der Waals surface area contributed by atoms with Gasteiger partial charge in [-0.1, -0.05) is 50.4 Å². The second-order valence-corrected chi connectivity index (χ2v) is 8.71. The van der Waals surface area contributed by atoms with Gasteiger partial charge in [0, 0.05) is 42.5 Å². The Morgan fingerprint density at radius 3 is 2.36 bits per heavy atom. The lowest BCUT2D eigenvalue weighted by Crippen LogP contribution is -2.42. The summed E-state index contributed by atoms with van der Waals surface area (Å²) in [4.78, 5) is 22.1. The van der Waals surface area contributed by atoms with Gasteiger partial charge in [-0.25, -0.2) is 0 Å². The van der Waals surface area contributed by atoms with Crippen LogP contribution in [0.15, 0.2) is 68.5 Å². The molecule has 1 aromatic heterocycles. The normalized spacial score (nSPS) is 17.7. The molecule has 33 heavy (non-hydrogen) atoms. The van der Waals surface area contributed by atoms with E-state index in [0.717, 1.165) is 74.1 Å². The van der Waals surface area contributed by atoms with E-state index >= 15 is 0 Å². The minimum Gasteiger partial charge on any atom is -0.342 e. The maximum Gasteiger partial charge on any atom is 0.225 e. The number of aromatic nitrogens is 1. The molecule has 0 saturated heterocycles. The van der Waals surface area contributed by atoms with Gasteiger partial charge in [0.2, 0.25) is 5.91 Å². The van der Waals surface area contributed by atoms with Gasteiger partial charge in [0.15, 0.2) is 0 Å². The number of anilines is 2. The average Bonchev–Trinajstić information content (AvgIpc) is 2.87. The zero-order valence-corrected chi connectivity index (χ0v) is 20.0. The van der Waals surface area contributed by atoms with Gasteiger partial charge in [-0.15, -0.1) is 6.58 Å². The third-order valence-electron chi connectivity index (χ3n) is 6.54. The van der Waals surface area contributed by atoms with Gasteiger partial charge in [0.1, 0.15) is 0 Å². The van der Waals surface area contributed by atoms with E-state index in [2.05, 4.69) is 60.8 Å². The maximum atomic E-state index is 13.2. The molecule has 0 bridgehead atoms. The molecule has 1 fully saturated rings. The lowest BCUT2D eigenvalue weighted by Gasteiger charge is -2.39. The van der Waals surface area contributed by atoms with E-state index in [1.807, 2.05) is 35.4 Å². The molecular formula is C29H37N3O. The molecule has 1 aliphatic rings. The molecule has 1 heterocycles. The van der Waals surface area contributed by atoms with Gasteiger partial charge in [0.05, 0.1) is 11.9 Å². The number of rotatable bonds is 11. The predicted molar refractivity (Wildman–Crippen MR) is 140 cm³/mol. The third-order valence-corrected chi connectivity index (χ3v) is 6.54. The molecule has 1 aliphatic carbocycles. The van der Waals surface area contributed by atoms with Gasteiger partial charge in [-0.05, 0) is 62.3 Å². The van der Waals surface area contributed by atoms with E-state index in [9.17, 15) is 4.79 Å². The van der Waals surface area contributed by atoms with Gasteiger partial charge >= 0.3 is 0 Å². The van der Waals surface area contributed by atoms with Crippen molar-refractivity contribution in [3.05, 3.63) is 79.7 Å². The average molecular weight is 444 g/mol. The van der Waals surface area contributed by atoms with Crippen LogP contribution in [0.5, 0.6) is 0 Å². The minimum absolute atomic E-state index is 0.107. The van der Waals surface area contributed by atoms with E-state index in [1.165, 1.54) is 0 Å². The second-order valence-electron chi connectivity index (χ2n) is 8.71. The Kier molecular flexibility index (Phi) is 9.05. The van der Waals surface area contributed by atoms with E-state index in [1.54, 1.807) is 6.20 Å². The molecular weight excluding hydrogens is 406 g/mol. The summed E-state index contributed by atoms with van der Waals surface area (Å²) >= 11 is 0. The first-order valence-electron chi connectivity index (χ1n) is 12.1. The van der Waals surface area contributed by atoms with Crippen LogP contribution >= 0.6 is 0 Å². The van der Waals surface area contributed by atoms with Crippen molar-refractivity contribution < 1.29 is 4.79 Å². The van der Waals surface area contributed by atoms with Crippen molar-refractivity contribution in [2.75, 3.05) is 18.0 Å². The van der Waals surface area contributed by atoms with Crippen LogP contribution in [0, 0.1) is 5.92 Å². The quantitative estimate of drug-likeness (QED) is 0.355. The number of hydrogen-bond acceptors (Lipinski definition) is 3. The van der Waals surface area contributed by atoms with Crippen molar-refractivity contribution in [1.82, 2.24) is 9.88 Å². The smallest absolute Gasteiger partial charge is 0.225 e. The fourth-order valence-electron chi connectivity index (χ4n) is 4.78. The summed E-state index contributed by atoms with van der Waals surface area (Å²) in [7, 11) is 0. The molecule has 1 saturated carbocycles. The first-order valence-corrected chi connectivity index (χ1v) is 12.1. The van der Waals surface area contributed by atoms with Crippen LogP contribution in [0.25, 0.3) is 12.2 Å². The third kappa shape index (κ3) is 6.01. The number of carbonyl (C=O) groups is 1. The molecule has 0 unspecified atom stereocenters. The van der Waals surface area contributed by atoms with Gasteiger partial charge < -0.3 is 9.80 Å². The topological polar surface area (TPSA) is 36.4 Å². The highest BCUT2D eigenvalue weighted by Gasteiger charge is 2.32. The van der Waals surface area contributed by atoms with Crippen LogP contribution in [0.3, 0.4) is 0 Å². The fraction of sp³-hybridized carbons (Fsp3) is 0.379. The number of amides is 1. The Morgan fingerprint density at radius 2 is 1.76 bits per heavy atom. The summed E-state index contributed by atoms with van der Waals surface area (Å²) in [5, 5.41) is 0. The van der Waals surface area contributed by atoms with Crippen molar-refractivity contribution >= 4 is 29.4 Å². The van der Waals surface area contributed by atoms with Crippen molar-refractivity contribution in [1.29, 1.82) is 0 Å². The summed E-state index contributed by atoms with van der Waals surface area (Å²) in [6.07, 6.45) is 14.9. The first-order chi connectivity index (χ1) is 16.1. The zero-order valence-electron chi connectivity index (χ0n) is 20.0. The van der Waals surface area contributed by atoms with Crippen molar-refractivity contribution in [3.63, 3.8) is 0 Å². The van der Waals surface area contributed by atoms with Crippen LogP contribution in [0.4, 0.5) is 11.4 Å². The lowest BCUT2D eigenvalue weighted by molar-refractivity contribution is -0.136.